The van der Waals surface area contributed by atoms with Crippen molar-refractivity contribution < 1.29 is 4.74 Å². The van der Waals surface area contributed by atoms with Crippen LogP contribution in [0.5, 0.6) is 5.75 Å². The fourth-order valence-corrected chi connectivity index (χ4v) is 1.97. The van der Waals surface area contributed by atoms with Crippen LogP contribution in [0.1, 0.15) is 19.4 Å². The van der Waals surface area contributed by atoms with Crippen LogP contribution in [0.2, 0.25) is 0 Å². The molecule has 0 fully saturated rings. The molecule has 0 atom stereocenters. The van der Waals surface area contributed by atoms with Crippen molar-refractivity contribution in [3.8, 4) is 5.75 Å². The van der Waals surface area contributed by atoms with E-state index in [1.54, 1.807) is 6.20 Å². The largest absolute Gasteiger partial charge is 0.490 e. The first-order valence-electron chi connectivity index (χ1n) is 6.81. The maximum Gasteiger partial charge on any atom is 0.140 e. The molecule has 0 aliphatic rings. The predicted octanol–water partition coefficient (Wildman–Crippen LogP) is 2.59. The Labute approximate surface area is 130 Å². The fourth-order valence-electron chi connectivity index (χ4n) is 1.82. The monoisotopic (exact) mass is 303 g/mol. The highest BCUT2D eigenvalue weighted by atomic mass is 32.1. The third-order valence-electron chi connectivity index (χ3n) is 3.77. The second-order valence-electron chi connectivity index (χ2n) is 5.88. The molecule has 1 aromatic carbocycles. The zero-order valence-corrected chi connectivity index (χ0v) is 13.7. The Morgan fingerprint density at radius 3 is 2.62 bits per heavy atom. The maximum absolute atomic E-state index is 6.09. The van der Waals surface area contributed by atoms with Crippen molar-refractivity contribution in [3.63, 3.8) is 0 Å². The number of thiocarbonyl (C=S) groups is 1. The van der Waals surface area contributed by atoms with Crippen molar-refractivity contribution in [2.75, 3.05) is 20.7 Å². The van der Waals surface area contributed by atoms with Gasteiger partial charge in [-0.25, -0.2) is 0 Å². The van der Waals surface area contributed by atoms with E-state index >= 15 is 0 Å². The smallest absolute Gasteiger partial charge is 0.140 e. The number of aromatic nitrogens is 1. The van der Waals surface area contributed by atoms with Crippen LogP contribution in [0.15, 0.2) is 30.5 Å². The highest BCUT2D eigenvalue weighted by Crippen LogP contribution is 2.29. The van der Waals surface area contributed by atoms with Crippen molar-refractivity contribution in [2.45, 2.75) is 19.4 Å². The van der Waals surface area contributed by atoms with Gasteiger partial charge >= 0.3 is 0 Å². The summed E-state index contributed by atoms with van der Waals surface area (Å²) in [5.41, 5.74) is 7.26. The number of hydrogen-bond donors (Lipinski definition) is 1. The Balaban J connectivity index is 2.45. The van der Waals surface area contributed by atoms with Gasteiger partial charge in [-0.15, -0.1) is 0 Å². The highest BCUT2D eigenvalue weighted by Gasteiger charge is 2.23. The summed E-state index contributed by atoms with van der Waals surface area (Å²) < 4.78 is 6.09. The molecule has 0 saturated carbocycles. The summed E-state index contributed by atoms with van der Waals surface area (Å²) in [4.78, 5) is 6.80. The lowest BCUT2D eigenvalue weighted by atomic mass is 10.1. The molecule has 0 radical (unpaired) electrons. The molecule has 0 aliphatic heterocycles. The molecule has 112 valence electrons. The number of fused-ring (bicyclic) bond motifs is 1. The molecule has 0 amide bonds. The van der Waals surface area contributed by atoms with Gasteiger partial charge in [-0.3, -0.25) is 4.98 Å². The number of para-hydroxylation sites is 1. The minimum Gasteiger partial charge on any atom is -0.490 e. The Kier molecular flexibility index (Phi) is 4.44. The summed E-state index contributed by atoms with van der Waals surface area (Å²) in [6, 6.07) is 7.82. The van der Waals surface area contributed by atoms with Crippen LogP contribution in [0.3, 0.4) is 0 Å². The Hall–Kier alpha value is -1.72. The van der Waals surface area contributed by atoms with Gasteiger partial charge in [0.1, 0.15) is 17.3 Å². The molecule has 0 spiro atoms. The number of nitrogens with zero attached hydrogens (tertiary/aromatic N) is 2. The summed E-state index contributed by atoms with van der Waals surface area (Å²) in [6.07, 6.45) is 1.68. The summed E-state index contributed by atoms with van der Waals surface area (Å²) in [7, 11) is 4.06. The molecule has 2 aromatic rings. The second kappa shape index (κ2) is 5.95. The SMILES string of the molecule is CN(C)C(C)(C)COc1c(C(N)=S)cnc2ccccc12. The lowest BCUT2D eigenvalue weighted by Gasteiger charge is -2.32. The van der Waals surface area contributed by atoms with Crippen LogP contribution < -0.4 is 10.5 Å². The van der Waals surface area contributed by atoms with E-state index in [2.05, 4.69) is 23.7 Å². The van der Waals surface area contributed by atoms with E-state index < -0.39 is 0 Å². The molecule has 0 aliphatic carbocycles. The number of benzene rings is 1. The lowest BCUT2D eigenvalue weighted by Crippen LogP contribution is -2.43. The summed E-state index contributed by atoms with van der Waals surface area (Å²) in [6.45, 7) is 4.78. The van der Waals surface area contributed by atoms with Gasteiger partial charge in [0.25, 0.3) is 0 Å². The van der Waals surface area contributed by atoms with Gasteiger partial charge in [-0.05, 0) is 40.1 Å². The Morgan fingerprint density at radius 2 is 2.00 bits per heavy atom. The van der Waals surface area contributed by atoms with Gasteiger partial charge in [0.15, 0.2) is 0 Å². The quantitative estimate of drug-likeness (QED) is 0.860. The number of likely N-dealkylation sites (N-methyl/N-ethyl adjacent to an activating group) is 1. The van der Waals surface area contributed by atoms with Gasteiger partial charge in [-0.1, -0.05) is 24.4 Å². The summed E-state index contributed by atoms with van der Waals surface area (Å²) in [5, 5.41) is 0.928. The minimum atomic E-state index is -0.0993. The van der Waals surface area contributed by atoms with Crippen molar-refractivity contribution in [3.05, 3.63) is 36.0 Å². The van der Waals surface area contributed by atoms with E-state index in [1.807, 2.05) is 38.4 Å². The zero-order chi connectivity index (χ0) is 15.6. The molecule has 1 heterocycles. The van der Waals surface area contributed by atoms with Crippen molar-refractivity contribution in [1.82, 2.24) is 9.88 Å². The van der Waals surface area contributed by atoms with E-state index in [9.17, 15) is 0 Å². The molecule has 2 N–H and O–H groups in total. The molecule has 0 unspecified atom stereocenters. The van der Waals surface area contributed by atoms with Crippen molar-refractivity contribution in [1.29, 1.82) is 0 Å². The van der Waals surface area contributed by atoms with E-state index in [-0.39, 0.29) is 5.54 Å². The van der Waals surface area contributed by atoms with Crippen LogP contribution in [0, 0.1) is 0 Å². The number of pyridine rings is 1. The molecule has 1 aromatic heterocycles. The second-order valence-corrected chi connectivity index (χ2v) is 6.32. The Bertz CT molecular complexity index is 668. The van der Waals surface area contributed by atoms with Gasteiger partial charge in [0, 0.05) is 17.1 Å². The van der Waals surface area contributed by atoms with Crippen molar-refractivity contribution >= 4 is 28.1 Å². The van der Waals surface area contributed by atoms with Crippen LogP contribution in [0.4, 0.5) is 0 Å². The van der Waals surface area contributed by atoms with Crippen molar-refractivity contribution in [2.24, 2.45) is 5.73 Å². The first kappa shape index (κ1) is 15.7. The average Bonchev–Trinajstić information content (AvgIpc) is 2.44. The minimum absolute atomic E-state index is 0.0993. The van der Waals surface area contributed by atoms with Crippen LogP contribution in [-0.2, 0) is 0 Å². The van der Waals surface area contributed by atoms with Gasteiger partial charge in [0.2, 0.25) is 0 Å². The molecular weight excluding hydrogens is 282 g/mol. The van der Waals surface area contributed by atoms with E-state index in [4.69, 9.17) is 22.7 Å². The van der Waals surface area contributed by atoms with Gasteiger partial charge in [-0.2, -0.15) is 0 Å². The summed E-state index contributed by atoms with van der Waals surface area (Å²) in [5.74, 6) is 0.711. The van der Waals surface area contributed by atoms with Crippen LogP contribution in [-0.4, -0.2) is 41.1 Å². The molecule has 2 rings (SSSR count). The molecule has 0 bridgehead atoms. The summed E-state index contributed by atoms with van der Waals surface area (Å²) >= 11 is 5.12. The molecule has 4 nitrogen and oxygen atoms in total. The third-order valence-corrected chi connectivity index (χ3v) is 3.99. The number of hydrogen-bond acceptors (Lipinski definition) is 4. The highest BCUT2D eigenvalue weighted by molar-refractivity contribution is 7.80. The molecule has 5 heteroatoms. The molecule has 0 saturated heterocycles. The van der Waals surface area contributed by atoms with E-state index in [1.165, 1.54) is 0 Å². The van der Waals surface area contributed by atoms with E-state index in [0.29, 0.717) is 22.9 Å². The number of nitrogens with two attached hydrogens (primary N) is 1. The standard InChI is InChI=1S/C16H21N3OS/c1-16(2,19(3)4)10-20-14-11-7-5-6-8-13(11)18-9-12(14)15(17)21/h5-9H,10H2,1-4H3,(H2,17,21). The topological polar surface area (TPSA) is 51.4 Å². The molecule has 21 heavy (non-hydrogen) atoms. The first-order chi connectivity index (χ1) is 9.83. The maximum atomic E-state index is 6.09. The molecular formula is C16H21N3OS. The average molecular weight is 303 g/mol. The van der Waals surface area contributed by atoms with Gasteiger partial charge in [0.05, 0.1) is 11.1 Å². The van der Waals surface area contributed by atoms with Crippen LogP contribution in [0.25, 0.3) is 10.9 Å². The van der Waals surface area contributed by atoms with Gasteiger partial charge < -0.3 is 15.4 Å². The first-order valence-corrected chi connectivity index (χ1v) is 7.21. The fraction of sp³-hybridized carbons (Fsp3) is 0.375. The van der Waals surface area contributed by atoms with E-state index in [0.717, 1.165) is 10.9 Å². The van der Waals surface area contributed by atoms with Crippen LogP contribution >= 0.6 is 12.2 Å². The number of rotatable bonds is 5. The normalized spacial score (nSPS) is 11.9. The predicted molar refractivity (Wildman–Crippen MR) is 90.9 cm³/mol. The third kappa shape index (κ3) is 3.31. The zero-order valence-electron chi connectivity index (χ0n) is 12.9. The number of ether oxygens (including phenoxy) is 1. The lowest BCUT2D eigenvalue weighted by molar-refractivity contribution is 0.115. The Morgan fingerprint density at radius 1 is 1.33 bits per heavy atom.